The smallest absolute Gasteiger partial charge is 0.236 e. The van der Waals surface area contributed by atoms with Crippen LogP contribution in [0.1, 0.15) is 25.8 Å². The molecule has 0 unspecified atom stereocenters. The number of carbonyl (C=O) groups excluding carboxylic acids is 1. The zero-order chi connectivity index (χ0) is 15.9. The number of methoxy groups -OCH3 is 1. The molecule has 0 radical (unpaired) electrons. The van der Waals surface area contributed by atoms with Crippen molar-refractivity contribution < 1.29 is 9.53 Å². The molecule has 4 nitrogen and oxygen atoms in total. The number of nitrogens with two attached hydrogens (primary N) is 1. The van der Waals surface area contributed by atoms with E-state index in [0.29, 0.717) is 13.0 Å². The zero-order valence-corrected chi connectivity index (χ0v) is 14.1. The molecular formula is C16H26N2O2S. The van der Waals surface area contributed by atoms with Gasteiger partial charge in [-0.05, 0) is 36.1 Å². The summed E-state index contributed by atoms with van der Waals surface area (Å²) in [4.78, 5) is 12.0. The van der Waals surface area contributed by atoms with E-state index in [2.05, 4.69) is 19.2 Å². The molecule has 118 valence electrons. The summed E-state index contributed by atoms with van der Waals surface area (Å²) in [5.74, 6) is 1.65. The van der Waals surface area contributed by atoms with Gasteiger partial charge in [-0.15, -0.1) is 0 Å². The maximum atomic E-state index is 12.0. The van der Waals surface area contributed by atoms with E-state index >= 15 is 0 Å². The Kier molecular flexibility index (Phi) is 7.05. The van der Waals surface area contributed by atoms with Gasteiger partial charge in [0.2, 0.25) is 5.91 Å². The molecule has 1 aromatic rings. The van der Waals surface area contributed by atoms with Crippen LogP contribution in [-0.4, -0.2) is 37.6 Å². The van der Waals surface area contributed by atoms with Gasteiger partial charge in [-0.25, -0.2) is 0 Å². The van der Waals surface area contributed by atoms with Crippen LogP contribution in [0.2, 0.25) is 0 Å². The Morgan fingerprint density at radius 2 is 2.00 bits per heavy atom. The average molecular weight is 310 g/mol. The summed E-state index contributed by atoms with van der Waals surface area (Å²) < 4.78 is 5.16. The quantitative estimate of drug-likeness (QED) is 0.772. The Hall–Kier alpha value is -1.20. The number of ether oxygens (including phenoxy) is 1. The first kappa shape index (κ1) is 17.9. The van der Waals surface area contributed by atoms with E-state index < -0.39 is 6.04 Å². The van der Waals surface area contributed by atoms with E-state index in [0.717, 1.165) is 17.1 Å². The number of carbonyl (C=O) groups is 1. The summed E-state index contributed by atoms with van der Waals surface area (Å²) in [6, 6.07) is 7.49. The van der Waals surface area contributed by atoms with Crippen molar-refractivity contribution in [3.05, 3.63) is 29.8 Å². The first-order chi connectivity index (χ1) is 9.90. The highest BCUT2D eigenvalue weighted by Crippen LogP contribution is 2.24. The van der Waals surface area contributed by atoms with Crippen molar-refractivity contribution in [1.82, 2.24) is 5.32 Å². The molecule has 0 saturated heterocycles. The zero-order valence-electron chi connectivity index (χ0n) is 13.3. The average Bonchev–Trinajstić information content (AvgIpc) is 2.50. The van der Waals surface area contributed by atoms with Crippen LogP contribution in [0.5, 0.6) is 5.75 Å². The molecule has 0 aromatic heterocycles. The summed E-state index contributed by atoms with van der Waals surface area (Å²) in [5.41, 5.74) is 6.87. The van der Waals surface area contributed by atoms with Gasteiger partial charge in [-0.3, -0.25) is 4.79 Å². The van der Waals surface area contributed by atoms with Crippen LogP contribution in [0.15, 0.2) is 24.3 Å². The minimum absolute atomic E-state index is 0.0781. The Morgan fingerprint density at radius 3 is 2.52 bits per heavy atom. The van der Waals surface area contributed by atoms with Crippen molar-refractivity contribution in [3.8, 4) is 5.75 Å². The van der Waals surface area contributed by atoms with Gasteiger partial charge in [-0.1, -0.05) is 26.0 Å². The maximum absolute atomic E-state index is 12.0. The van der Waals surface area contributed by atoms with Gasteiger partial charge in [0.25, 0.3) is 0 Å². The fourth-order valence-electron chi connectivity index (χ4n) is 1.96. The molecule has 0 bridgehead atoms. The molecule has 5 heteroatoms. The maximum Gasteiger partial charge on any atom is 0.236 e. The lowest BCUT2D eigenvalue weighted by molar-refractivity contribution is -0.122. The van der Waals surface area contributed by atoms with E-state index in [1.165, 1.54) is 0 Å². The third-order valence-electron chi connectivity index (χ3n) is 3.55. The predicted molar refractivity (Wildman–Crippen MR) is 90.0 cm³/mol. The van der Waals surface area contributed by atoms with Gasteiger partial charge in [0.1, 0.15) is 5.75 Å². The number of thioether (sulfide) groups is 1. The highest BCUT2D eigenvalue weighted by atomic mass is 32.2. The third-order valence-corrected chi connectivity index (χ3v) is 4.19. The SMILES string of the molecule is COc1ccc(C(C)(C)CNC(=O)[C@@H](N)CCSC)cc1. The Morgan fingerprint density at radius 1 is 1.38 bits per heavy atom. The van der Waals surface area contributed by atoms with Crippen molar-refractivity contribution in [1.29, 1.82) is 0 Å². The molecule has 21 heavy (non-hydrogen) atoms. The van der Waals surface area contributed by atoms with E-state index in [4.69, 9.17) is 10.5 Å². The minimum Gasteiger partial charge on any atom is -0.497 e. The fraction of sp³-hybridized carbons (Fsp3) is 0.562. The van der Waals surface area contributed by atoms with Gasteiger partial charge in [0.15, 0.2) is 0 Å². The number of amides is 1. The summed E-state index contributed by atoms with van der Waals surface area (Å²) >= 11 is 1.70. The summed E-state index contributed by atoms with van der Waals surface area (Å²) in [5, 5.41) is 2.95. The van der Waals surface area contributed by atoms with Crippen LogP contribution in [-0.2, 0) is 10.2 Å². The van der Waals surface area contributed by atoms with Gasteiger partial charge < -0.3 is 15.8 Å². The minimum atomic E-state index is -0.427. The highest BCUT2D eigenvalue weighted by molar-refractivity contribution is 7.98. The molecule has 0 fully saturated rings. The van der Waals surface area contributed by atoms with Crippen molar-refractivity contribution >= 4 is 17.7 Å². The molecular weight excluding hydrogens is 284 g/mol. The second-order valence-corrected chi connectivity index (χ2v) is 6.70. The number of rotatable bonds is 8. The fourth-order valence-corrected chi connectivity index (χ4v) is 2.45. The van der Waals surface area contributed by atoms with Gasteiger partial charge in [0.05, 0.1) is 13.2 Å². The molecule has 1 aromatic carbocycles. The number of hydrogen-bond donors (Lipinski definition) is 2. The van der Waals surface area contributed by atoms with Crippen LogP contribution in [0.25, 0.3) is 0 Å². The molecule has 0 spiro atoms. The monoisotopic (exact) mass is 310 g/mol. The van der Waals surface area contributed by atoms with Crippen LogP contribution >= 0.6 is 11.8 Å². The molecule has 0 saturated carbocycles. The third kappa shape index (κ3) is 5.59. The highest BCUT2D eigenvalue weighted by Gasteiger charge is 2.23. The molecule has 3 N–H and O–H groups in total. The Balaban J connectivity index is 2.57. The van der Waals surface area contributed by atoms with Crippen molar-refractivity contribution in [3.63, 3.8) is 0 Å². The molecule has 0 heterocycles. The number of benzene rings is 1. The van der Waals surface area contributed by atoms with Crippen molar-refractivity contribution in [2.24, 2.45) is 5.73 Å². The molecule has 1 rings (SSSR count). The Labute approximate surface area is 131 Å². The summed E-state index contributed by atoms with van der Waals surface area (Å²) in [6.07, 6.45) is 2.72. The van der Waals surface area contributed by atoms with Crippen molar-refractivity contribution in [2.45, 2.75) is 31.7 Å². The first-order valence-corrected chi connectivity index (χ1v) is 8.47. The predicted octanol–water partition coefficient (Wildman–Crippen LogP) is 2.17. The molecule has 1 atom stereocenters. The van der Waals surface area contributed by atoms with E-state index in [9.17, 15) is 4.79 Å². The van der Waals surface area contributed by atoms with Crippen LogP contribution < -0.4 is 15.8 Å². The largest absolute Gasteiger partial charge is 0.497 e. The second kappa shape index (κ2) is 8.29. The summed E-state index contributed by atoms with van der Waals surface area (Å²) in [7, 11) is 1.65. The first-order valence-electron chi connectivity index (χ1n) is 7.07. The van der Waals surface area contributed by atoms with E-state index in [1.54, 1.807) is 18.9 Å². The van der Waals surface area contributed by atoms with Crippen molar-refractivity contribution in [2.75, 3.05) is 25.7 Å². The Bertz CT molecular complexity index is 446. The molecule has 0 aliphatic carbocycles. The second-order valence-electron chi connectivity index (χ2n) is 5.72. The van der Waals surface area contributed by atoms with Gasteiger partial charge in [-0.2, -0.15) is 11.8 Å². The topological polar surface area (TPSA) is 64.3 Å². The standard InChI is InChI=1S/C16H26N2O2S/c1-16(2,12-5-7-13(20-3)8-6-12)11-18-15(19)14(17)9-10-21-4/h5-8,14H,9-11,17H2,1-4H3,(H,18,19)/t14-/m0/s1. The lowest BCUT2D eigenvalue weighted by Crippen LogP contribution is -2.45. The van der Waals surface area contributed by atoms with E-state index in [-0.39, 0.29) is 11.3 Å². The molecule has 0 aliphatic rings. The van der Waals surface area contributed by atoms with Gasteiger partial charge >= 0.3 is 0 Å². The molecule has 0 aliphatic heterocycles. The van der Waals surface area contributed by atoms with E-state index in [1.807, 2.05) is 30.5 Å². The van der Waals surface area contributed by atoms with Crippen LogP contribution in [0, 0.1) is 0 Å². The summed E-state index contributed by atoms with van der Waals surface area (Å²) in [6.45, 7) is 4.76. The van der Waals surface area contributed by atoms with Gasteiger partial charge in [0, 0.05) is 12.0 Å². The lowest BCUT2D eigenvalue weighted by atomic mass is 9.84. The number of nitrogens with one attached hydrogen (secondary N) is 1. The normalized spacial score (nSPS) is 12.8. The number of hydrogen-bond acceptors (Lipinski definition) is 4. The molecule has 1 amide bonds. The lowest BCUT2D eigenvalue weighted by Gasteiger charge is -2.26. The van der Waals surface area contributed by atoms with Crippen LogP contribution in [0.3, 0.4) is 0 Å². The van der Waals surface area contributed by atoms with Crippen LogP contribution in [0.4, 0.5) is 0 Å².